The molecule has 3 nitrogen and oxygen atoms in total. The van der Waals surface area contributed by atoms with Crippen LogP contribution in [0.15, 0.2) is 59.5 Å². The monoisotopic (exact) mass is 321 g/mol. The van der Waals surface area contributed by atoms with Gasteiger partial charge in [-0.1, -0.05) is 54.1 Å². The van der Waals surface area contributed by atoms with E-state index in [9.17, 15) is 8.42 Å². The van der Waals surface area contributed by atoms with E-state index in [1.54, 1.807) is 28.6 Å². The second kappa shape index (κ2) is 5.79. The fourth-order valence-electron chi connectivity index (χ4n) is 2.32. The van der Waals surface area contributed by atoms with Crippen LogP contribution < -0.4 is 0 Å². The zero-order chi connectivity index (χ0) is 14.9. The van der Waals surface area contributed by atoms with E-state index in [1.807, 2.05) is 30.3 Å². The molecular weight excluding hydrogens is 306 g/mol. The van der Waals surface area contributed by atoms with Crippen molar-refractivity contribution in [1.82, 2.24) is 4.31 Å². The van der Waals surface area contributed by atoms with Crippen molar-refractivity contribution in [1.29, 1.82) is 0 Å². The summed E-state index contributed by atoms with van der Waals surface area (Å²) in [6, 6.07) is 16.4. The molecule has 0 spiro atoms. The molecule has 1 saturated carbocycles. The predicted molar refractivity (Wildman–Crippen MR) is 83.6 cm³/mol. The summed E-state index contributed by atoms with van der Waals surface area (Å²) in [7, 11) is -3.57. The van der Waals surface area contributed by atoms with Gasteiger partial charge in [-0.05, 0) is 30.5 Å². The van der Waals surface area contributed by atoms with Gasteiger partial charge >= 0.3 is 0 Å². The molecule has 0 aliphatic heterocycles. The van der Waals surface area contributed by atoms with Crippen molar-refractivity contribution in [2.24, 2.45) is 0 Å². The Hall–Kier alpha value is -1.36. The van der Waals surface area contributed by atoms with Gasteiger partial charge in [-0.2, -0.15) is 4.31 Å². The molecule has 21 heavy (non-hydrogen) atoms. The van der Waals surface area contributed by atoms with E-state index in [0.717, 1.165) is 18.4 Å². The lowest BCUT2D eigenvalue weighted by Gasteiger charge is -2.22. The predicted octanol–water partition coefficient (Wildman–Crippen LogP) is 3.69. The normalized spacial score (nSPS) is 15.3. The summed E-state index contributed by atoms with van der Waals surface area (Å²) < 4.78 is 27.3. The molecule has 3 rings (SSSR count). The minimum absolute atomic E-state index is 0.0893. The SMILES string of the molecule is O=S(=O)(c1ccccc1Cl)N(Cc1ccccc1)C1CC1. The van der Waals surface area contributed by atoms with E-state index in [0.29, 0.717) is 6.54 Å². The van der Waals surface area contributed by atoms with Crippen molar-refractivity contribution in [3.63, 3.8) is 0 Å². The molecular formula is C16H16ClNO2S. The molecule has 0 atom stereocenters. The highest BCUT2D eigenvalue weighted by Gasteiger charge is 2.38. The van der Waals surface area contributed by atoms with Crippen LogP contribution in [-0.4, -0.2) is 18.8 Å². The van der Waals surface area contributed by atoms with Crippen LogP contribution in [0, 0.1) is 0 Å². The molecule has 2 aromatic rings. The average Bonchev–Trinajstić information content (AvgIpc) is 3.30. The molecule has 0 aromatic heterocycles. The van der Waals surface area contributed by atoms with Gasteiger partial charge in [-0.25, -0.2) is 8.42 Å². The van der Waals surface area contributed by atoms with Gasteiger partial charge in [0.25, 0.3) is 0 Å². The first-order valence-electron chi connectivity index (χ1n) is 6.89. The van der Waals surface area contributed by atoms with Crippen LogP contribution in [0.5, 0.6) is 0 Å². The van der Waals surface area contributed by atoms with Crippen LogP contribution in [0.2, 0.25) is 5.02 Å². The maximum atomic E-state index is 12.9. The molecule has 0 saturated heterocycles. The number of rotatable bonds is 5. The second-order valence-electron chi connectivity index (χ2n) is 5.20. The summed E-state index contributed by atoms with van der Waals surface area (Å²) in [6.45, 7) is 0.388. The largest absolute Gasteiger partial charge is 0.245 e. The molecule has 2 aromatic carbocycles. The summed E-state index contributed by atoms with van der Waals surface area (Å²) in [5, 5.41) is 0.274. The van der Waals surface area contributed by atoms with E-state index in [1.165, 1.54) is 0 Å². The molecule has 110 valence electrons. The summed E-state index contributed by atoms with van der Waals surface area (Å²) in [4.78, 5) is 0.189. The molecule has 0 unspecified atom stereocenters. The Bertz CT molecular complexity index is 727. The third-order valence-electron chi connectivity index (χ3n) is 3.56. The van der Waals surface area contributed by atoms with Crippen LogP contribution in [0.25, 0.3) is 0 Å². The highest BCUT2D eigenvalue weighted by atomic mass is 35.5. The third kappa shape index (κ3) is 3.12. The highest BCUT2D eigenvalue weighted by Crippen LogP contribution is 2.35. The summed E-state index contributed by atoms with van der Waals surface area (Å²) in [6.07, 6.45) is 1.83. The Labute approximate surface area is 130 Å². The van der Waals surface area contributed by atoms with E-state index in [-0.39, 0.29) is 16.0 Å². The Morgan fingerprint density at radius 2 is 1.62 bits per heavy atom. The molecule has 1 aliphatic rings. The minimum atomic E-state index is -3.57. The first kappa shape index (κ1) is 14.6. The zero-order valence-electron chi connectivity index (χ0n) is 11.4. The fraction of sp³-hybridized carbons (Fsp3) is 0.250. The van der Waals surface area contributed by atoms with Gasteiger partial charge in [0.05, 0.1) is 5.02 Å². The van der Waals surface area contributed by atoms with E-state index >= 15 is 0 Å². The van der Waals surface area contributed by atoms with Crippen molar-refractivity contribution in [3.8, 4) is 0 Å². The number of sulfonamides is 1. The lowest BCUT2D eigenvalue weighted by molar-refractivity contribution is 0.398. The summed E-state index contributed by atoms with van der Waals surface area (Å²) in [5.41, 5.74) is 0.986. The lowest BCUT2D eigenvalue weighted by Crippen LogP contribution is -2.32. The van der Waals surface area contributed by atoms with Crippen molar-refractivity contribution in [2.75, 3.05) is 0 Å². The maximum Gasteiger partial charge on any atom is 0.245 e. The van der Waals surface area contributed by atoms with E-state index in [4.69, 9.17) is 11.6 Å². The maximum absolute atomic E-state index is 12.9. The quantitative estimate of drug-likeness (QED) is 0.842. The van der Waals surface area contributed by atoms with Crippen LogP contribution in [0.3, 0.4) is 0 Å². The van der Waals surface area contributed by atoms with Crippen LogP contribution in [0.1, 0.15) is 18.4 Å². The zero-order valence-corrected chi connectivity index (χ0v) is 13.0. The Balaban J connectivity index is 1.96. The van der Waals surface area contributed by atoms with Gasteiger partial charge in [0.1, 0.15) is 4.90 Å². The first-order chi connectivity index (χ1) is 10.1. The van der Waals surface area contributed by atoms with Crippen molar-refractivity contribution in [2.45, 2.75) is 30.3 Å². The molecule has 1 aliphatic carbocycles. The fourth-order valence-corrected chi connectivity index (χ4v) is 4.48. The topological polar surface area (TPSA) is 37.4 Å². The van der Waals surface area contributed by atoms with Crippen molar-refractivity contribution in [3.05, 3.63) is 65.2 Å². The van der Waals surface area contributed by atoms with Gasteiger partial charge in [-0.3, -0.25) is 0 Å². The minimum Gasteiger partial charge on any atom is -0.207 e. The van der Waals surface area contributed by atoms with Crippen molar-refractivity contribution >= 4 is 21.6 Å². The summed E-state index contributed by atoms with van der Waals surface area (Å²) >= 11 is 6.08. The van der Waals surface area contributed by atoms with Crippen LogP contribution >= 0.6 is 11.6 Å². The number of benzene rings is 2. The van der Waals surface area contributed by atoms with E-state index < -0.39 is 10.0 Å². The van der Waals surface area contributed by atoms with Crippen molar-refractivity contribution < 1.29 is 8.42 Å². The number of hydrogen-bond donors (Lipinski definition) is 0. The van der Waals surface area contributed by atoms with Gasteiger partial charge in [0.15, 0.2) is 0 Å². The standard InChI is InChI=1S/C16H16ClNO2S/c17-15-8-4-5-9-16(15)21(19,20)18(14-10-11-14)12-13-6-2-1-3-7-13/h1-9,14H,10-12H2. The third-order valence-corrected chi connectivity index (χ3v) is 5.96. The van der Waals surface area contributed by atoms with Gasteiger partial charge < -0.3 is 0 Å². The Morgan fingerprint density at radius 3 is 2.24 bits per heavy atom. The van der Waals surface area contributed by atoms with Crippen LogP contribution in [0.4, 0.5) is 0 Å². The second-order valence-corrected chi connectivity index (χ2v) is 7.46. The lowest BCUT2D eigenvalue weighted by atomic mass is 10.2. The van der Waals surface area contributed by atoms with Gasteiger partial charge in [-0.15, -0.1) is 0 Å². The molecule has 5 heteroatoms. The average molecular weight is 322 g/mol. The Morgan fingerprint density at radius 1 is 1.00 bits per heavy atom. The number of nitrogens with zero attached hydrogens (tertiary/aromatic N) is 1. The smallest absolute Gasteiger partial charge is 0.207 e. The first-order valence-corrected chi connectivity index (χ1v) is 8.71. The van der Waals surface area contributed by atoms with Crippen LogP contribution in [-0.2, 0) is 16.6 Å². The number of hydrogen-bond acceptors (Lipinski definition) is 2. The molecule has 0 N–H and O–H groups in total. The summed E-state index contributed by atoms with van der Waals surface area (Å²) in [5.74, 6) is 0. The molecule has 0 radical (unpaired) electrons. The molecule has 0 heterocycles. The molecule has 0 bridgehead atoms. The van der Waals surface area contributed by atoms with E-state index in [2.05, 4.69) is 0 Å². The number of halogens is 1. The Kier molecular flexibility index (Phi) is 4.02. The molecule has 0 amide bonds. The highest BCUT2D eigenvalue weighted by molar-refractivity contribution is 7.89. The van der Waals surface area contributed by atoms with Gasteiger partial charge in [0, 0.05) is 12.6 Å². The van der Waals surface area contributed by atoms with Gasteiger partial charge in [0.2, 0.25) is 10.0 Å². The molecule has 1 fully saturated rings.